The summed E-state index contributed by atoms with van der Waals surface area (Å²) in [5.74, 6) is 1.94. The second-order valence-corrected chi connectivity index (χ2v) is 7.53. The lowest BCUT2D eigenvalue weighted by atomic mass is 9.78. The van der Waals surface area contributed by atoms with E-state index in [1.165, 1.54) is 4.88 Å². The van der Waals surface area contributed by atoms with E-state index in [1.54, 1.807) is 25.6 Å². The Bertz CT molecular complexity index is 725. The van der Waals surface area contributed by atoms with Crippen molar-refractivity contribution in [2.24, 2.45) is 5.73 Å². The second-order valence-electron chi connectivity index (χ2n) is 6.36. The molecule has 2 aromatic heterocycles. The first kappa shape index (κ1) is 24.0. The third kappa shape index (κ3) is 6.23. The van der Waals surface area contributed by atoms with Crippen LogP contribution in [0.3, 0.4) is 0 Å². The van der Waals surface area contributed by atoms with Gasteiger partial charge >= 0.3 is 0 Å². The van der Waals surface area contributed by atoms with E-state index >= 15 is 0 Å². The fraction of sp³-hybridized carbons (Fsp3) is 0.588. The van der Waals surface area contributed by atoms with E-state index in [1.807, 2.05) is 13.0 Å². The molecule has 3 N–H and O–H groups in total. The lowest BCUT2D eigenvalue weighted by molar-refractivity contribution is 0.177. The van der Waals surface area contributed by atoms with Crippen LogP contribution in [0.1, 0.15) is 45.9 Å². The van der Waals surface area contributed by atoms with Gasteiger partial charge in [0.15, 0.2) is 5.82 Å². The van der Waals surface area contributed by atoms with Crippen LogP contribution in [-0.2, 0) is 29.2 Å². The van der Waals surface area contributed by atoms with E-state index in [-0.39, 0.29) is 24.8 Å². The quantitative estimate of drug-likeness (QED) is 0.656. The maximum absolute atomic E-state index is 5.92. The first-order valence-corrected chi connectivity index (χ1v) is 9.21. The minimum atomic E-state index is 0. The van der Waals surface area contributed by atoms with E-state index in [0.717, 1.165) is 35.1 Å². The number of thiazole rings is 1. The van der Waals surface area contributed by atoms with Gasteiger partial charge < -0.3 is 20.5 Å². The van der Waals surface area contributed by atoms with Crippen LogP contribution in [-0.4, -0.2) is 35.2 Å². The van der Waals surface area contributed by atoms with Crippen molar-refractivity contribution in [3.05, 3.63) is 33.2 Å². The SMILES string of the molecule is COCc1nc(NCc2sc(COC)nc2C)cc(C2CC(N)C2)n1.Cl.Cl. The summed E-state index contributed by atoms with van der Waals surface area (Å²) in [5, 5.41) is 4.39. The maximum atomic E-state index is 5.92. The predicted molar refractivity (Wildman–Crippen MR) is 112 cm³/mol. The molecule has 0 spiro atoms. The van der Waals surface area contributed by atoms with Crippen LogP contribution in [0.15, 0.2) is 6.07 Å². The van der Waals surface area contributed by atoms with Gasteiger partial charge in [-0.3, -0.25) is 0 Å². The van der Waals surface area contributed by atoms with E-state index < -0.39 is 0 Å². The number of nitrogens with two attached hydrogens (primary N) is 1. The Morgan fingerprint density at radius 1 is 1.15 bits per heavy atom. The Morgan fingerprint density at radius 2 is 1.85 bits per heavy atom. The molecule has 7 nitrogen and oxygen atoms in total. The molecule has 1 fully saturated rings. The van der Waals surface area contributed by atoms with Gasteiger partial charge in [0.05, 0.1) is 18.8 Å². The highest BCUT2D eigenvalue weighted by Crippen LogP contribution is 2.35. The molecule has 1 saturated carbocycles. The van der Waals surface area contributed by atoms with Gasteiger partial charge in [-0.2, -0.15) is 0 Å². The van der Waals surface area contributed by atoms with Crippen LogP contribution in [0, 0.1) is 6.92 Å². The summed E-state index contributed by atoms with van der Waals surface area (Å²) in [6.45, 7) is 3.65. The Hall–Kier alpha value is -1.03. The summed E-state index contributed by atoms with van der Waals surface area (Å²) in [5.41, 5.74) is 8.00. The molecule has 10 heteroatoms. The Balaban J connectivity index is 0.00000182. The zero-order chi connectivity index (χ0) is 17.8. The molecule has 152 valence electrons. The Kier molecular flexibility index (Phi) is 9.86. The number of aryl methyl sites for hydroxylation is 1. The van der Waals surface area contributed by atoms with Crippen LogP contribution in [0.4, 0.5) is 5.82 Å². The van der Waals surface area contributed by atoms with Gasteiger partial charge in [-0.1, -0.05) is 0 Å². The van der Waals surface area contributed by atoms with Gasteiger partial charge in [-0.15, -0.1) is 36.2 Å². The van der Waals surface area contributed by atoms with E-state index in [4.69, 9.17) is 15.2 Å². The molecule has 0 atom stereocenters. The van der Waals surface area contributed by atoms with Crippen molar-refractivity contribution in [1.29, 1.82) is 0 Å². The minimum Gasteiger partial charge on any atom is -0.378 e. The van der Waals surface area contributed by atoms with Crippen LogP contribution in [0.5, 0.6) is 0 Å². The third-order valence-electron chi connectivity index (χ3n) is 4.29. The van der Waals surface area contributed by atoms with Crippen molar-refractivity contribution < 1.29 is 9.47 Å². The molecule has 2 aromatic rings. The van der Waals surface area contributed by atoms with Crippen LogP contribution in [0.2, 0.25) is 0 Å². The van der Waals surface area contributed by atoms with Crippen molar-refractivity contribution in [1.82, 2.24) is 15.0 Å². The summed E-state index contributed by atoms with van der Waals surface area (Å²) in [6.07, 6.45) is 1.97. The van der Waals surface area contributed by atoms with Crippen molar-refractivity contribution in [3.8, 4) is 0 Å². The lowest BCUT2D eigenvalue weighted by Crippen LogP contribution is -2.35. The summed E-state index contributed by atoms with van der Waals surface area (Å²) >= 11 is 1.66. The molecule has 0 saturated heterocycles. The molecular formula is C17H27Cl2N5O2S. The zero-order valence-electron chi connectivity index (χ0n) is 15.7. The average Bonchev–Trinajstić information content (AvgIpc) is 2.90. The molecule has 0 aromatic carbocycles. The number of anilines is 1. The minimum absolute atomic E-state index is 0. The molecule has 0 aliphatic heterocycles. The Labute approximate surface area is 176 Å². The molecule has 3 rings (SSSR count). The molecule has 0 radical (unpaired) electrons. The number of rotatable bonds is 8. The summed E-state index contributed by atoms with van der Waals surface area (Å²) in [4.78, 5) is 14.9. The first-order chi connectivity index (χ1) is 12.1. The monoisotopic (exact) mass is 435 g/mol. The van der Waals surface area contributed by atoms with Crippen molar-refractivity contribution in [3.63, 3.8) is 0 Å². The smallest absolute Gasteiger partial charge is 0.156 e. The number of nitrogens with zero attached hydrogens (tertiary/aromatic N) is 3. The number of nitrogens with one attached hydrogen (secondary N) is 1. The van der Waals surface area contributed by atoms with Gasteiger partial charge in [0.2, 0.25) is 0 Å². The molecule has 0 unspecified atom stereocenters. The van der Waals surface area contributed by atoms with Crippen LogP contribution < -0.4 is 11.1 Å². The Morgan fingerprint density at radius 3 is 2.48 bits per heavy atom. The highest BCUT2D eigenvalue weighted by atomic mass is 35.5. The van der Waals surface area contributed by atoms with Crippen LogP contribution in [0.25, 0.3) is 0 Å². The summed E-state index contributed by atoms with van der Waals surface area (Å²) < 4.78 is 10.4. The number of methoxy groups -OCH3 is 2. The number of halogens is 2. The molecule has 0 amide bonds. The highest BCUT2D eigenvalue weighted by molar-refractivity contribution is 7.11. The molecule has 2 heterocycles. The standard InChI is InChI=1S/C17H25N5O2S.2ClH/c1-10-14(25-17(20-10)9-24-3)7-19-15-6-13(11-4-12(18)5-11)21-16(22-15)8-23-2;;/h6,11-12H,4-5,7-9,18H2,1-3H3,(H,19,21,22);2*1H. The summed E-state index contributed by atoms with van der Waals surface area (Å²) in [6, 6.07) is 2.32. The number of ether oxygens (including phenoxy) is 2. The molecule has 27 heavy (non-hydrogen) atoms. The highest BCUT2D eigenvalue weighted by Gasteiger charge is 2.29. The predicted octanol–water partition coefficient (Wildman–Crippen LogP) is 3.19. The number of hydrogen-bond acceptors (Lipinski definition) is 8. The number of hydrogen-bond donors (Lipinski definition) is 2. The van der Waals surface area contributed by atoms with Gasteiger partial charge in [0, 0.05) is 42.8 Å². The number of aromatic nitrogens is 3. The molecule has 1 aliphatic carbocycles. The fourth-order valence-electron chi connectivity index (χ4n) is 2.92. The zero-order valence-corrected chi connectivity index (χ0v) is 18.2. The molecule has 1 aliphatic rings. The fourth-order valence-corrected chi connectivity index (χ4v) is 3.90. The van der Waals surface area contributed by atoms with Gasteiger partial charge in [-0.25, -0.2) is 15.0 Å². The van der Waals surface area contributed by atoms with Crippen molar-refractivity contribution >= 4 is 42.0 Å². The van der Waals surface area contributed by atoms with Crippen molar-refractivity contribution in [2.45, 2.75) is 51.5 Å². The van der Waals surface area contributed by atoms with Gasteiger partial charge in [0.25, 0.3) is 0 Å². The van der Waals surface area contributed by atoms with Crippen molar-refractivity contribution in [2.75, 3.05) is 19.5 Å². The normalized spacial score (nSPS) is 18.2. The maximum Gasteiger partial charge on any atom is 0.156 e. The van der Waals surface area contributed by atoms with E-state index in [9.17, 15) is 0 Å². The molecule has 0 bridgehead atoms. The largest absolute Gasteiger partial charge is 0.378 e. The second kappa shape index (κ2) is 11.1. The first-order valence-electron chi connectivity index (χ1n) is 8.39. The summed E-state index contributed by atoms with van der Waals surface area (Å²) in [7, 11) is 3.33. The van der Waals surface area contributed by atoms with E-state index in [2.05, 4.69) is 20.3 Å². The van der Waals surface area contributed by atoms with Gasteiger partial charge in [-0.05, 0) is 19.8 Å². The topological polar surface area (TPSA) is 95.2 Å². The van der Waals surface area contributed by atoms with E-state index in [0.29, 0.717) is 37.5 Å². The van der Waals surface area contributed by atoms with Gasteiger partial charge in [0.1, 0.15) is 17.4 Å². The molecular weight excluding hydrogens is 409 g/mol. The third-order valence-corrected chi connectivity index (χ3v) is 5.42. The lowest BCUT2D eigenvalue weighted by Gasteiger charge is -2.32. The average molecular weight is 436 g/mol. The van der Waals surface area contributed by atoms with Crippen LogP contribution >= 0.6 is 36.2 Å².